The van der Waals surface area contributed by atoms with Crippen molar-refractivity contribution < 1.29 is 13.9 Å². The van der Waals surface area contributed by atoms with Gasteiger partial charge in [-0.25, -0.2) is 9.37 Å². The molecule has 1 aromatic heterocycles. The van der Waals surface area contributed by atoms with Gasteiger partial charge in [-0.1, -0.05) is 12.1 Å². The molecule has 0 N–H and O–H groups in total. The monoisotopic (exact) mass is 413 g/mol. The van der Waals surface area contributed by atoms with Gasteiger partial charge < -0.3 is 19.3 Å². The zero-order chi connectivity index (χ0) is 20.3. The number of morpholine rings is 2. The van der Waals surface area contributed by atoms with Crippen LogP contribution in [0, 0.1) is 5.82 Å². The van der Waals surface area contributed by atoms with Crippen LogP contribution in [-0.4, -0.2) is 74.0 Å². The number of aromatic nitrogens is 2. The number of halogens is 1. The lowest BCUT2D eigenvalue weighted by atomic mass is 10.0. The Hall–Kier alpha value is -2.29. The SMILES string of the molecule is Fc1ccc(CN2CCc3nc(N4CCOCC4)nc(N4CCOCC4)c3C2)cc1. The molecule has 2 fully saturated rings. The lowest BCUT2D eigenvalue weighted by Crippen LogP contribution is -2.41. The van der Waals surface area contributed by atoms with Crippen molar-refractivity contribution in [3.05, 3.63) is 46.9 Å². The molecule has 4 heterocycles. The Morgan fingerprint density at radius 2 is 1.50 bits per heavy atom. The summed E-state index contributed by atoms with van der Waals surface area (Å²) in [7, 11) is 0. The lowest BCUT2D eigenvalue weighted by molar-refractivity contribution is 0.121. The second-order valence-electron chi connectivity index (χ2n) is 8.06. The van der Waals surface area contributed by atoms with Gasteiger partial charge in [0.15, 0.2) is 0 Å². The molecule has 8 heteroatoms. The number of hydrogen-bond donors (Lipinski definition) is 0. The van der Waals surface area contributed by atoms with E-state index in [1.807, 2.05) is 12.1 Å². The van der Waals surface area contributed by atoms with Gasteiger partial charge in [0.2, 0.25) is 5.95 Å². The summed E-state index contributed by atoms with van der Waals surface area (Å²) >= 11 is 0. The Morgan fingerprint density at radius 1 is 0.833 bits per heavy atom. The minimum absolute atomic E-state index is 0.193. The highest BCUT2D eigenvalue weighted by Gasteiger charge is 2.28. The fraction of sp³-hybridized carbons (Fsp3) is 0.545. The summed E-state index contributed by atoms with van der Waals surface area (Å²) in [6.45, 7) is 8.81. The van der Waals surface area contributed by atoms with Crippen molar-refractivity contribution >= 4 is 11.8 Å². The molecule has 5 rings (SSSR count). The van der Waals surface area contributed by atoms with E-state index >= 15 is 0 Å². The Bertz CT molecular complexity index is 867. The third-order valence-electron chi connectivity index (χ3n) is 6.03. The van der Waals surface area contributed by atoms with Gasteiger partial charge in [-0.3, -0.25) is 4.90 Å². The highest BCUT2D eigenvalue weighted by Crippen LogP contribution is 2.30. The molecule has 7 nitrogen and oxygen atoms in total. The number of rotatable bonds is 4. The normalized spacial score (nSPS) is 20.3. The van der Waals surface area contributed by atoms with E-state index in [4.69, 9.17) is 19.4 Å². The predicted molar refractivity (Wildman–Crippen MR) is 112 cm³/mol. The number of ether oxygens (including phenoxy) is 2. The number of fused-ring (bicyclic) bond motifs is 1. The summed E-state index contributed by atoms with van der Waals surface area (Å²) in [5.41, 5.74) is 3.50. The van der Waals surface area contributed by atoms with E-state index in [2.05, 4.69) is 14.7 Å². The van der Waals surface area contributed by atoms with Crippen molar-refractivity contribution in [1.82, 2.24) is 14.9 Å². The lowest BCUT2D eigenvalue weighted by Gasteiger charge is -2.36. The van der Waals surface area contributed by atoms with Gasteiger partial charge in [0.1, 0.15) is 11.6 Å². The maximum atomic E-state index is 13.3. The first kappa shape index (κ1) is 19.7. The van der Waals surface area contributed by atoms with Gasteiger partial charge in [-0.2, -0.15) is 4.98 Å². The third kappa shape index (κ3) is 4.26. The summed E-state index contributed by atoms with van der Waals surface area (Å²) in [5, 5.41) is 0. The Balaban J connectivity index is 1.42. The van der Waals surface area contributed by atoms with Gasteiger partial charge in [-0.15, -0.1) is 0 Å². The van der Waals surface area contributed by atoms with Crippen LogP contribution in [0.5, 0.6) is 0 Å². The Morgan fingerprint density at radius 3 is 2.20 bits per heavy atom. The molecule has 3 aliphatic rings. The van der Waals surface area contributed by atoms with Crippen LogP contribution in [0.3, 0.4) is 0 Å². The first-order valence-electron chi connectivity index (χ1n) is 10.8. The Labute approximate surface area is 176 Å². The van der Waals surface area contributed by atoms with Gasteiger partial charge in [-0.05, 0) is 17.7 Å². The minimum atomic E-state index is -0.193. The molecular weight excluding hydrogens is 385 g/mol. The van der Waals surface area contributed by atoms with Gasteiger partial charge in [0.05, 0.1) is 32.1 Å². The number of hydrogen-bond acceptors (Lipinski definition) is 7. The summed E-state index contributed by atoms with van der Waals surface area (Å²) in [6.07, 6.45) is 0.897. The van der Waals surface area contributed by atoms with Crippen molar-refractivity contribution in [2.45, 2.75) is 19.5 Å². The topological polar surface area (TPSA) is 54.0 Å². The molecule has 0 spiro atoms. The summed E-state index contributed by atoms with van der Waals surface area (Å²) in [5.74, 6) is 1.68. The summed E-state index contributed by atoms with van der Waals surface area (Å²) in [4.78, 5) is 17.0. The zero-order valence-electron chi connectivity index (χ0n) is 17.2. The van der Waals surface area contributed by atoms with Crippen molar-refractivity contribution in [3.63, 3.8) is 0 Å². The third-order valence-corrected chi connectivity index (χ3v) is 6.03. The van der Waals surface area contributed by atoms with E-state index in [-0.39, 0.29) is 5.82 Å². The second kappa shape index (κ2) is 8.83. The number of anilines is 2. The van der Waals surface area contributed by atoms with E-state index in [9.17, 15) is 4.39 Å². The molecular formula is C22H28FN5O2. The molecule has 0 aliphatic carbocycles. The molecule has 0 amide bonds. The summed E-state index contributed by atoms with van der Waals surface area (Å²) < 4.78 is 24.3. The predicted octanol–water partition coefficient (Wildman–Crippen LogP) is 1.85. The van der Waals surface area contributed by atoms with E-state index in [1.165, 1.54) is 17.7 Å². The van der Waals surface area contributed by atoms with Gasteiger partial charge in [0, 0.05) is 57.8 Å². The quantitative estimate of drug-likeness (QED) is 0.758. The molecule has 2 saturated heterocycles. The molecule has 0 atom stereocenters. The van der Waals surface area contributed by atoms with Crippen molar-refractivity contribution in [1.29, 1.82) is 0 Å². The van der Waals surface area contributed by atoms with E-state index in [0.29, 0.717) is 0 Å². The van der Waals surface area contributed by atoms with Crippen LogP contribution in [0.1, 0.15) is 16.8 Å². The molecule has 2 aromatic rings. The largest absolute Gasteiger partial charge is 0.378 e. The van der Waals surface area contributed by atoms with Gasteiger partial charge in [0.25, 0.3) is 0 Å². The van der Waals surface area contributed by atoms with E-state index < -0.39 is 0 Å². The molecule has 0 radical (unpaired) electrons. The minimum Gasteiger partial charge on any atom is -0.378 e. The average Bonchev–Trinajstić information content (AvgIpc) is 2.81. The van der Waals surface area contributed by atoms with E-state index in [1.54, 1.807) is 0 Å². The van der Waals surface area contributed by atoms with Crippen LogP contribution in [0.25, 0.3) is 0 Å². The highest BCUT2D eigenvalue weighted by atomic mass is 19.1. The fourth-order valence-corrected chi connectivity index (χ4v) is 4.36. The average molecular weight is 413 g/mol. The van der Waals surface area contributed by atoms with Crippen molar-refractivity contribution in [2.75, 3.05) is 69.0 Å². The second-order valence-corrected chi connectivity index (χ2v) is 8.06. The van der Waals surface area contributed by atoms with Crippen LogP contribution in [0.15, 0.2) is 24.3 Å². The standard InChI is InChI=1S/C22H28FN5O2/c23-18-3-1-17(2-4-18)15-26-6-5-20-19(16-26)21(27-7-11-29-12-8-27)25-22(24-20)28-9-13-30-14-10-28/h1-4H,5-16H2. The van der Waals surface area contributed by atoms with Crippen molar-refractivity contribution in [3.8, 4) is 0 Å². The molecule has 0 saturated carbocycles. The van der Waals surface area contributed by atoms with Crippen LogP contribution in [-0.2, 0) is 29.0 Å². The number of benzene rings is 1. The van der Waals surface area contributed by atoms with E-state index in [0.717, 1.165) is 102 Å². The van der Waals surface area contributed by atoms with Crippen LogP contribution in [0.2, 0.25) is 0 Å². The van der Waals surface area contributed by atoms with Crippen LogP contribution < -0.4 is 9.80 Å². The molecule has 160 valence electrons. The molecule has 30 heavy (non-hydrogen) atoms. The molecule has 0 bridgehead atoms. The smallest absolute Gasteiger partial charge is 0.227 e. The maximum Gasteiger partial charge on any atom is 0.227 e. The first-order valence-corrected chi connectivity index (χ1v) is 10.8. The fourth-order valence-electron chi connectivity index (χ4n) is 4.36. The van der Waals surface area contributed by atoms with Crippen LogP contribution in [0.4, 0.5) is 16.2 Å². The Kier molecular flexibility index (Phi) is 5.79. The van der Waals surface area contributed by atoms with Gasteiger partial charge >= 0.3 is 0 Å². The number of nitrogens with zero attached hydrogens (tertiary/aromatic N) is 5. The maximum absolute atomic E-state index is 13.3. The highest BCUT2D eigenvalue weighted by molar-refractivity contribution is 5.54. The van der Waals surface area contributed by atoms with Crippen LogP contribution >= 0.6 is 0 Å². The molecule has 3 aliphatic heterocycles. The first-order chi connectivity index (χ1) is 14.8. The van der Waals surface area contributed by atoms with Crippen molar-refractivity contribution in [2.24, 2.45) is 0 Å². The zero-order valence-corrected chi connectivity index (χ0v) is 17.2. The summed E-state index contributed by atoms with van der Waals surface area (Å²) in [6, 6.07) is 6.80. The molecule has 1 aromatic carbocycles. The molecule has 0 unspecified atom stereocenters.